The quantitative estimate of drug-likeness (QED) is 0.736. The number of sulfone groups is 1. The van der Waals surface area contributed by atoms with Gasteiger partial charge in [0.2, 0.25) is 10.0 Å². The van der Waals surface area contributed by atoms with E-state index in [1.807, 2.05) is 0 Å². The maximum Gasteiger partial charge on any atom is 0.246 e. The standard InChI is InChI=1S/C9H12F2N2O4S2/c1-18(14,15)3-2-13-19(16,17)9-7(10)4-6(12)5-8(9)11/h4-5,13H,2-3,12H2,1H3. The third-order valence-electron chi connectivity index (χ3n) is 2.05. The molecule has 6 nitrogen and oxygen atoms in total. The molecule has 1 aromatic carbocycles. The van der Waals surface area contributed by atoms with Gasteiger partial charge in [0.05, 0.1) is 5.75 Å². The zero-order valence-electron chi connectivity index (χ0n) is 9.85. The van der Waals surface area contributed by atoms with Crippen molar-refractivity contribution in [2.75, 3.05) is 24.3 Å². The summed E-state index contributed by atoms with van der Waals surface area (Å²) in [5.41, 5.74) is 4.90. The van der Waals surface area contributed by atoms with Crippen LogP contribution in [-0.4, -0.2) is 35.4 Å². The van der Waals surface area contributed by atoms with Gasteiger partial charge in [-0.1, -0.05) is 0 Å². The number of rotatable bonds is 5. The van der Waals surface area contributed by atoms with E-state index in [1.54, 1.807) is 4.72 Å². The largest absolute Gasteiger partial charge is 0.399 e. The van der Waals surface area contributed by atoms with Gasteiger partial charge in [0.15, 0.2) is 4.90 Å². The van der Waals surface area contributed by atoms with Gasteiger partial charge in [0, 0.05) is 18.5 Å². The molecule has 0 amide bonds. The zero-order chi connectivity index (χ0) is 14.8. The monoisotopic (exact) mass is 314 g/mol. The molecular formula is C9H12F2N2O4S2. The second-order valence-corrected chi connectivity index (χ2v) is 7.80. The normalized spacial score (nSPS) is 12.6. The van der Waals surface area contributed by atoms with Crippen LogP contribution >= 0.6 is 0 Å². The molecule has 0 spiro atoms. The van der Waals surface area contributed by atoms with Crippen molar-refractivity contribution >= 4 is 25.5 Å². The van der Waals surface area contributed by atoms with E-state index in [1.165, 1.54) is 0 Å². The van der Waals surface area contributed by atoms with Crippen LogP contribution in [0.2, 0.25) is 0 Å². The van der Waals surface area contributed by atoms with Crippen LogP contribution in [0.1, 0.15) is 0 Å². The van der Waals surface area contributed by atoms with Crippen LogP contribution in [0.25, 0.3) is 0 Å². The first kappa shape index (κ1) is 15.8. The summed E-state index contributed by atoms with van der Waals surface area (Å²) in [5, 5.41) is 0. The fourth-order valence-electron chi connectivity index (χ4n) is 1.27. The number of nitrogen functional groups attached to an aromatic ring is 1. The van der Waals surface area contributed by atoms with E-state index >= 15 is 0 Å². The fraction of sp³-hybridized carbons (Fsp3) is 0.333. The third-order valence-corrected chi connectivity index (χ3v) is 4.51. The van der Waals surface area contributed by atoms with Crippen LogP contribution < -0.4 is 10.5 Å². The summed E-state index contributed by atoms with van der Waals surface area (Å²) in [6.45, 7) is -0.482. The first-order chi connectivity index (χ1) is 8.53. The minimum absolute atomic E-state index is 0.259. The van der Waals surface area contributed by atoms with Gasteiger partial charge in [-0.2, -0.15) is 0 Å². The highest BCUT2D eigenvalue weighted by Crippen LogP contribution is 2.21. The molecule has 0 fully saturated rings. The van der Waals surface area contributed by atoms with E-state index in [2.05, 4.69) is 0 Å². The molecule has 0 saturated carbocycles. The van der Waals surface area contributed by atoms with Crippen molar-refractivity contribution in [3.05, 3.63) is 23.8 Å². The van der Waals surface area contributed by atoms with Gasteiger partial charge in [-0.05, 0) is 12.1 Å². The van der Waals surface area contributed by atoms with Gasteiger partial charge < -0.3 is 5.73 Å². The molecule has 0 aliphatic carbocycles. The molecule has 0 aliphatic rings. The molecule has 0 aliphatic heterocycles. The predicted molar refractivity (Wildman–Crippen MR) is 65.7 cm³/mol. The van der Waals surface area contributed by atoms with E-state index in [0.717, 1.165) is 6.26 Å². The zero-order valence-corrected chi connectivity index (χ0v) is 11.5. The van der Waals surface area contributed by atoms with Crippen LogP contribution in [0.4, 0.5) is 14.5 Å². The molecule has 10 heteroatoms. The Morgan fingerprint density at radius 2 is 1.63 bits per heavy atom. The highest BCUT2D eigenvalue weighted by atomic mass is 32.2. The summed E-state index contributed by atoms with van der Waals surface area (Å²) >= 11 is 0. The highest BCUT2D eigenvalue weighted by molar-refractivity contribution is 7.91. The minimum Gasteiger partial charge on any atom is -0.399 e. The van der Waals surface area contributed by atoms with E-state index in [9.17, 15) is 25.6 Å². The van der Waals surface area contributed by atoms with Crippen molar-refractivity contribution in [1.82, 2.24) is 4.72 Å². The first-order valence-electron chi connectivity index (χ1n) is 4.95. The second kappa shape index (κ2) is 5.39. The van der Waals surface area contributed by atoms with Crippen molar-refractivity contribution < 1.29 is 25.6 Å². The molecule has 0 unspecified atom stereocenters. The number of hydrogen-bond acceptors (Lipinski definition) is 5. The van der Waals surface area contributed by atoms with Gasteiger partial charge in [-0.3, -0.25) is 0 Å². The smallest absolute Gasteiger partial charge is 0.246 e. The molecule has 0 saturated heterocycles. The maximum atomic E-state index is 13.4. The lowest BCUT2D eigenvalue weighted by Gasteiger charge is -2.08. The Balaban J connectivity index is 3.02. The van der Waals surface area contributed by atoms with Gasteiger partial charge in [-0.15, -0.1) is 0 Å². The van der Waals surface area contributed by atoms with Crippen LogP contribution in [0, 0.1) is 11.6 Å². The average molecular weight is 314 g/mol. The molecule has 0 atom stereocenters. The van der Waals surface area contributed by atoms with Gasteiger partial charge >= 0.3 is 0 Å². The topological polar surface area (TPSA) is 106 Å². The molecule has 19 heavy (non-hydrogen) atoms. The Labute approximate surface area is 109 Å². The molecule has 3 N–H and O–H groups in total. The van der Waals surface area contributed by atoms with Crippen molar-refractivity contribution in [3.8, 4) is 0 Å². The summed E-state index contributed by atoms with van der Waals surface area (Å²) in [6.07, 6.45) is 0.908. The Bertz CT molecular complexity index is 663. The highest BCUT2D eigenvalue weighted by Gasteiger charge is 2.24. The number of nitrogens with one attached hydrogen (secondary N) is 1. The Morgan fingerprint density at radius 3 is 2.05 bits per heavy atom. The third kappa shape index (κ3) is 4.40. The molecular weight excluding hydrogens is 302 g/mol. The van der Waals surface area contributed by atoms with Gasteiger partial charge in [-0.25, -0.2) is 30.3 Å². The Kier molecular flexibility index (Phi) is 4.48. The summed E-state index contributed by atoms with van der Waals surface area (Å²) in [6, 6.07) is 1.32. The number of benzene rings is 1. The van der Waals surface area contributed by atoms with E-state index in [4.69, 9.17) is 5.73 Å². The van der Waals surface area contributed by atoms with Gasteiger partial charge in [0.1, 0.15) is 21.5 Å². The predicted octanol–water partition coefficient (Wildman–Crippen LogP) is -0.130. The fourth-order valence-corrected chi connectivity index (χ4v) is 3.02. The summed E-state index contributed by atoms with van der Waals surface area (Å²) in [4.78, 5) is -1.18. The lowest BCUT2D eigenvalue weighted by Crippen LogP contribution is -2.30. The van der Waals surface area contributed by atoms with E-state index in [-0.39, 0.29) is 5.69 Å². The van der Waals surface area contributed by atoms with E-state index < -0.39 is 48.7 Å². The average Bonchev–Trinajstić information content (AvgIpc) is 2.11. The second-order valence-electron chi connectivity index (χ2n) is 3.84. The van der Waals surface area contributed by atoms with Crippen molar-refractivity contribution in [2.24, 2.45) is 0 Å². The SMILES string of the molecule is CS(=O)(=O)CCNS(=O)(=O)c1c(F)cc(N)cc1F. The maximum absolute atomic E-state index is 13.4. The molecule has 0 bridgehead atoms. The number of anilines is 1. The van der Waals surface area contributed by atoms with Gasteiger partial charge in [0.25, 0.3) is 0 Å². The lowest BCUT2D eigenvalue weighted by atomic mass is 10.3. The Hall–Kier alpha value is -1.26. The molecule has 108 valence electrons. The van der Waals surface area contributed by atoms with E-state index in [0.29, 0.717) is 12.1 Å². The number of sulfonamides is 1. The number of hydrogen-bond donors (Lipinski definition) is 2. The van der Waals surface area contributed by atoms with Crippen molar-refractivity contribution in [2.45, 2.75) is 4.90 Å². The van der Waals surface area contributed by atoms with Crippen LogP contribution in [0.5, 0.6) is 0 Å². The van der Waals surface area contributed by atoms with Crippen LogP contribution in [0.3, 0.4) is 0 Å². The molecule has 0 radical (unpaired) electrons. The first-order valence-corrected chi connectivity index (χ1v) is 8.49. The molecule has 1 aromatic rings. The van der Waals surface area contributed by atoms with Crippen LogP contribution in [-0.2, 0) is 19.9 Å². The van der Waals surface area contributed by atoms with Crippen molar-refractivity contribution in [3.63, 3.8) is 0 Å². The lowest BCUT2D eigenvalue weighted by molar-refractivity contribution is 0.515. The number of halogens is 2. The summed E-state index contributed by atoms with van der Waals surface area (Å²) in [7, 11) is -7.87. The van der Waals surface area contributed by atoms with Crippen LogP contribution in [0.15, 0.2) is 17.0 Å². The molecule has 1 rings (SSSR count). The summed E-state index contributed by atoms with van der Waals surface area (Å²) in [5.74, 6) is -3.17. The summed E-state index contributed by atoms with van der Waals surface area (Å²) < 4.78 is 73.6. The number of nitrogens with two attached hydrogens (primary N) is 1. The molecule has 0 aromatic heterocycles. The molecule has 0 heterocycles. The Morgan fingerprint density at radius 1 is 1.16 bits per heavy atom. The minimum atomic E-state index is -4.48. The van der Waals surface area contributed by atoms with Crippen molar-refractivity contribution in [1.29, 1.82) is 0 Å².